The molecule has 0 fully saturated rings. The number of nitrogens with zero attached hydrogens (tertiary/aromatic N) is 1. The molecule has 0 radical (unpaired) electrons. The first kappa shape index (κ1) is 13.6. The maximum Gasteiger partial charge on any atom is 0.258 e. The summed E-state index contributed by atoms with van der Waals surface area (Å²) in [7, 11) is 0. The molecule has 1 aliphatic heterocycles. The number of amides is 1. The van der Waals surface area contributed by atoms with E-state index in [0.717, 1.165) is 28.3 Å². The van der Waals surface area contributed by atoms with Crippen LogP contribution in [-0.4, -0.2) is 5.91 Å². The molecule has 112 valence electrons. The number of rotatable bonds is 3. The first-order valence-electron chi connectivity index (χ1n) is 7.54. The number of hydrogen-bond donors (Lipinski definition) is 0. The SMILES string of the molecule is O=C1c2ccccc2CN1c1ccc(Oc2ccccc2)cc1. The van der Waals surface area contributed by atoms with Gasteiger partial charge in [0.15, 0.2) is 0 Å². The van der Waals surface area contributed by atoms with Crippen molar-refractivity contribution < 1.29 is 9.53 Å². The average Bonchev–Trinajstić information content (AvgIpc) is 2.94. The predicted octanol–water partition coefficient (Wildman–Crippen LogP) is 4.64. The maximum absolute atomic E-state index is 12.5. The van der Waals surface area contributed by atoms with Gasteiger partial charge in [-0.1, -0.05) is 36.4 Å². The molecule has 0 bridgehead atoms. The van der Waals surface area contributed by atoms with Gasteiger partial charge in [-0.15, -0.1) is 0 Å². The molecule has 4 rings (SSSR count). The molecule has 0 spiro atoms. The largest absolute Gasteiger partial charge is 0.457 e. The lowest BCUT2D eigenvalue weighted by Gasteiger charge is -2.16. The van der Waals surface area contributed by atoms with Crippen LogP contribution in [0.4, 0.5) is 5.69 Å². The highest BCUT2D eigenvalue weighted by atomic mass is 16.5. The highest BCUT2D eigenvalue weighted by molar-refractivity contribution is 6.09. The van der Waals surface area contributed by atoms with E-state index >= 15 is 0 Å². The summed E-state index contributed by atoms with van der Waals surface area (Å²) < 4.78 is 5.78. The van der Waals surface area contributed by atoms with Gasteiger partial charge in [-0.3, -0.25) is 4.79 Å². The van der Waals surface area contributed by atoms with Crippen molar-refractivity contribution in [3.8, 4) is 11.5 Å². The second kappa shape index (κ2) is 5.61. The van der Waals surface area contributed by atoms with E-state index in [-0.39, 0.29) is 5.91 Å². The molecule has 0 atom stereocenters. The Kier molecular flexibility index (Phi) is 3.31. The number of hydrogen-bond acceptors (Lipinski definition) is 2. The van der Waals surface area contributed by atoms with Crippen LogP contribution in [0.5, 0.6) is 11.5 Å². The molecule has 3 heteroatoms. The van der Waals surface area contributed by atoms with Gasteiger partial charge in [-0.05, 0) is 48.0 Å². The summed E-state index contributed by atoms with van der Waals surface area (Å²) in [5.41, 5.74) is 2.74. The molecule has 3 aromatic rings. The van der Waals surface area contributed by atoms with Crippen LogP contribution in [0, 0.1) is 0 Å². The third-order valence-corrected chi connectivity index (χ3v) is 3.95. The third kappa shape index (κ3) is 2.57. The van der Waals surface area contributed by atoms with Crippen LogP contribution in [0.3, 0.4) is 0 Å². The zero-order chi connectivity index (χ0) is 15.6. The Hall–Kier alpha value is -3.07. The first-order chi connectivity index (χ1) is 11.3. The Bertz CT molecular complexity index is 841. The summed E-state index contributed by atoms with van der Waals surface area (Å²) in [6.07, 6.45) is 0. The van der Waals surface area contributed by atoms with E-state index in [1.165, 1.54) is 0 Å². The molecule has 1 aliphatic rings. The van der Waals surface area contributed by atoms with Gasteiger partial charge >= 0.3 is 0 Å². The van der Waals surface area contributed by atoms with Crippen molar-refractivity contribution in [1.82, 2.24) is 0 Å². The number of fused-ring (bicyclic) bond motifs is 1. The van der Waals surface area contributed by atoms with Gasteiger partial charge in [0.2, 0.25) is 0 Å². The Morgan fingerprint density at radius 2 is 1.39 bits per heavy atom. The molecule has 1 heterocycles. The van der Waals surface area contributed by atoms with E-state index in [2.05, 4.69) is 0 Å². The number of para-hydroxylation sites is 1. The second-order valence-electron chi connectivity index (χ2n) is 5.46. The van der Waals surface area contributed by atoms with Crippen molar-refractivity contribution in [2.75, 3.05) is 4.90 Å². The van der Waals surface area contributed by atoms with Gasteiger partial charge in [-0.25, -0.2) is 0 Å². The van der Waals surface area contributed by atoms with E-state index < -0.39 is 0 Å². The van der Waals surface area contributed by atoms with E-state index in [0.29, 0.717) is 6.54 Å². The van der Waals surface area contributed by atoms with Gasteiger partial charge < -0.3 is 9.64 Å². The Labute approximate surface area is 134 Å². The predicted molar refractivity (Wildman–Crippen MR) is 89.9 cm³/mol. The summed E-state index contributed by atoms with van der Waals surface area (Å²) >= 11 is 0. The number of carbonyl (C=O) groups excluding carboxylic acids is 1. The van der Waals surface area contributed by atoms with E-state index in [1.54, 1.807) is 4.90 Å². The molecule has 3 aromatic carbocycles. The fourth-order valence-electron chi connectivity index (χ4n) is 2.78. The second-order valence-corrected chi connectivity index (χ2v) is 5.46. The van der Waals surface area contributed by atoms with Crippen molar-refractivity contribution in [2.45, 2.75) is 6.54 Å². The molecular formula is C20H15NO2. The van der Waals surface area contributed by atoms with Crippen LogP contribution in [0.25, 0.3) is 0 Å². The van der Waals surface area contributed by atoms with Crippen molar-refractivity contribution >= 4 is 11.6 Å². The molecule has 3 nitrogen and oxygen atoms in total. The quantitative estimate of drug-likeness (QED) is 0.705. The molecule has 0 aliphatic carbocycles. The van der Waals surface area contributed by atoms with Gasteiger partial charge in [-0.2, -0.15) is 0 Å². The molecule has 1 amide bonds. The summed E-state index contributed by atoms with van der Waals surface area (Å²) in [6, 6.07) is 25.0. The minimum atomic E-state index is 0.0531. The zero-order valence-corrected chi connectivity index (χ0v) is 12.5. The lowest BCUT2D eigenvalue weighted by molar-refractivity contribution is 0.0996. The molecule has 0 saturated heterocycles. The highest BCUT2D eigenvalue weighted by Crippen LogP contribution is 2.30. The van der Waals surface area contributed by atoms with Gasteiger partial charge in [0.25, 0.3) is 5.91 Å². The van der Waals surface area contributed by atoms with Crippen LogP contribution in [0.1, 0.15) is 15.9 Å². The van der Waals surface area contributed by atoms with Gasteiger partial charge in [0.05, 0.1) is 6.54 Å². The van der Waals surface area contributed by atoms with Crippen LogP contribution in [-0.2, 0) is 6.54 Å². The van der Waals surface area contributed by atoms with Crippen molar-refractivity contribution in [3.05, 3.63) is 90.0 Å². The zero-order valence-electron chi connectivity index (χ0n) is 12.5. The maximum atomic E-state index is 12.5. The molecule has 0 N–H and O–H groups in total. The van der Waals surface area contributed by atoms with E-state index in [9.17, 15) is 4.79 Å². The summed E-state index contributed by atoms with van der Waals surface area (Å²) in [6.45, 7) is 0.619. The van der Waals surface area contributed by atoms with Gasteiger partial charge in [0, 0.05) is 11.3 Å². The summed E-state index contributed by atoms with van der Waals surface area (Å²) in [5.74, 6) is 1.60. The lowest BCUT2D eigenvalue weighted by atomic mass is 10.1. The standard InChI is InChI=1S/C20H15NO2/c22-20-19-9-5-4-6-15(19)14-21(20)16-10-12-18(13-11-16)23-17-7-2-1-3-8-17/h1-13H,14H2. The van der Waals surface area contributed by atoms with Crippen LogP contribution in [0.2, 0.25) is 0 Å². The third-order valence-electron chi connectivity index (χ3n) is 3.95. The van der Waals surface area contributed by atoms with Crippen molar-refractivity contribution in [2.24, 2.45) is 0 Å². The van der Waals surface area contributed by atoms with Crippen molar-refractivity contribution in [3.63, 3.8) is 0 Å². The highest BCUT2D eigenvalue weighted by Gasteiger charge is 2.27. The lowest BCUT2D eigenvalue weighted by Crippen LogP contribution is -2.22. The molecule has 0 unspecified atom stereocenters. The Morgan fingerprint density at radius 1 is 0.739 bits per heavy atom. The summed E-state index contributed by atoms with van der Waals surface area (Å²) in [4.78, 5) is 14.3. The normalized spacial score (nSPS) is 13.0. The van der Waals surface area contributed by atoms with Crippen LogP contribution in [0.15, 0.2) is 78.9 Å². The minimum Gasteiger partial charge on any atom is -0.457 e. The van der Waals surface area contributed by atoms with Crippen LogP contribution >= 0.6 is 0 Å². The molecule has 23 heavy (non-hydrogen) atoms. The first-order valence-corrected chi connectivity index (χ1v) is 7.54. The van der Waals surface area contributed by atoms with E-state index in [4.69, 9.17) is 4.74 Å². The van der Waals surface area contributed by atoms with Gasteiger partial charge in [0.1, 0.15) is 11.5 Å². The van der Waals surface area contributed by atoms with Crippen molar-refractivity contribution in [1.29, 1.82) is 0 Å². The van der Waals surface area contributed by atoms with Crippen LogP contribution < -0.4 is 9.64 Å². The smallest absolute Gasteiger partial charge is 0.258 e. The minimum absolute atomic E-state index is 0.0531. The fourth-order valence-corrected chi connectivity index (χ4v) is 2.78. The van der Waals surface area contributed by atoms with E-state index in [1.807, 2.05) is 78.9 Å². The Morgan fingerprint density at radius 3 is 2.13 bits per heavy atom. The number of carbonyl (C=O) groups is 1. The molecule has 0 saturated carbocycles. The Balaban J connectivity index is 1.54. The fraction of sp³-hybridized carbons (Fsp3) is 0.0500. The monoisotopic (exact) mass is 301 g/mol. The average molecular weight is 301 g/mol. The number of anilines is 1. The number of benzene rings is 3. The molecule has 0 aromatic heterocycles. The number of ether oxygens (including phenoxy) is 1. The molecular weight excluding hydrogens is 286 g/mol. The topological polar surface area (TPSA) is 29.5 Å². The summed E-state index contributed by atoms with van der Waals surface area (Å²) in [5, 5.41) is 0.